The van der Waals surface area contributed by atoms with Gasteiger partial charge in [0.25, 0.3) is 0 Å². The molecule has 3 rings (SSSR count). The Morgan fingerprint density at radius 1 is 1.37 bits per heavy atom. The van der Waals surface area contributed by atoms with Crippen molar-refractivity contribution in [2.24, 2.45) is 0 Å². The number of rotatable bonds is 3. The quantitative estimate of drug-likeness (QED) is 0.922. The molecule has 2 fully saturated rings. The van der Waals surface area contributed by atoms with Crippen molar-refractivity contribution in [3.8, 4) is 0 Å². The Kier molecular flexibility index (Phi) is 3.00. The SMILES string of the molecule is CC(C)(C)N1C[C@H](Nc2nc(C3CC3)ns2)CC1=O. The van der Waals surface area contributed by atoms with Crippen LogP contribution >= 0.6 is 11.5 Å². The molecular formula is C13H20N4OS. The maximum Gasteiger partial charge on any atom is 0.225 e. The van der Waals surface area contributed by atoms with Gasteiger partial charge in [0.1, 0.15) is 5.82 Å². The minimum atomic E-state index is -0.103. The van der Waals surface area contributed by atoms with Crippen LogP contribution in [0.25, 0.3) is 0 Å². The topological polar surface area (TPSA) is 58.1 Å². The van der Waals surface area contributed by atoms with E-state index in [0.717, 1.165) is 17.5 Å². The van der Waals surface area contributed by atoms with Crippen molar-refractivity contribution in [3.63, 3.8) is 0 Å². The molecule has 104 valence electrons. The van der Waals surface area contributed by atoms with Crippen LogP contribution < -0.4 is 5.32 Å². The number of carbonyl (C=O) groups excluding carboxylic acids is 1. The van der Waals surface area contributed by atoms with Crippen molar-refractivity contribution in [1.29, 1.82) is 0 Å². The molecule has 1 aromatic rings. The first-order valence-corrected chi connectivity index (χ1v) is 7.61. The highest BCUT2D eigenvalue weighted by molar-refractivity contribution is 7.09. The summed E-state index contributed by atoms with van der Waals surface area (Å²) in [4.78, 5) is 18.5. The molecule has 6 heteroatoms. The fraction of sp³-hybridized carbons (Fsp3) is 0.769. The first kappa shape index (κ1) is 12.8. The molecule has 2 aliphatic rings. The molecule has 1 amide bonds. The number of likely N-dealkylation sites (tertiary alicyclic amines) is 1. The third-order valence-corrected chi connectivity index (χ3v) is 4.31. The van der Waals surface area contributed by atoms with Crippen LogP contribution in [0.1, 0.15) is 51.8 Å². The predicted octanol–water partition coefficient (Wildman–Crippen LogP) is 2.23. The van der Waals surface area contributed by atoms with Crippen molar-refractivity contribution in [2.45, 2.75) is 57.5 Å². The molecule has 19 heavy (non-hydrogen) atoms. The van der Waals surface area contributed by atoms with Crippen molar-refractivity contribution in [3.05, 3.63) is 5.82 Å². The second kappa shape index (κ2) is 4.44. The van der Waals surface area contributed by atoms with E-state index in [-0.39, 0.29) is 17.5 Å². The highest BCUT2D eigenvalue weighted by Gasteiger charge is 2.36. The van der Waals surface area contributed by atoms with E-state index < -0.39 is 0 Å². The number of anilines is 1. The first-order valence-electron chi connectivity index (χ1n) is 6.84. The summed E-state index contributed by atoms with van der Waals surface area (Å²) in [5, 5.41) is 4.22. The van der Waals surface area contributed by atoms with Crippen LogP contribution in [-0.2, 0) is 4.79 Å². The van der Waals surface area contributed by atoms with Crippen LogP contribution in [0, 0.1) is 0 Å². The van der Waals surface area contributed by atoms with Crippen LogP contribution in [0.4, 0.5) is 5.13 Å². The summed E-state index contributed by atoms with van der Waals surface area (Å²) in [7, 11) is 0. The highest BCUT2D eigenvalue weighted by Crippen LogP contribution is 2.39. The zero-order valence-corrected chi connectivity index (χ0v) is 12.5. The van der Waals surface area contributed by atoms with Gasteiger partial charge < -0.3 is 10.2 Å². The van der Waals surface area contributed by atoms with Gasteiger partial charge >= 0.3 is 0 Å². The largest absolute Gasteiger partial charge is 0.355 e. The van der Waals surface area contributed by atoms with Crippen LogP contribution in [0.15, 0.2) is 0 Å². The molecule has 1 aromatic heterocycles. The van der Waals surface area contributed by atoms with Crippen LogP contribution in [0.2, 0.25) is 0 Å². The number of aromatic nitrogens is 2. The molecule has 0 aromatic carbocycles. The van der Waals surface area contributed by atoms with Crippen molar-refractivity contribution < 1.29 is 4.79 Å². The monoisotopic (exact) mass is 280 g/mol. The zero-order valence-electron chi connectivity index (χ0n) is 11.6. The van der Waals surface area contributed by atoms with Gasteiger partial charge in [0.05, 0.1) is 6.04 Å². The third-order valence-electron chi connectivity index (χ3n) is 3.65. The highest BCUT2D eigenvalue weighted by atomic mass is 32.1. The predicted molar refractivity (Wildman–Crippen MR) is 75.4 cm³/mol. The molecule has 0 spiro atoms. The van der Waals surface area contributed by atoms with Gasteiger partial charge in [-0.3, -0.25) is 4.79 Å². The Bertz CT molecular complexity index is 489. The minimum absolute atomic E-state index is 0.103. The van der Waals surface area contributed by atoms with Crippen molar-refractivity contribution >= 4 is 22.6 Å². The molecule has 2 heterocycles. The molecule has 0 radical (unpaired) electrons. The summed E-state index contributed by atoms with van der Waals surface area (Å²) in [5.74, 6) is 1.78. The van der Waals surface area contributed by atoms with E-state index in [1.54, 1.807) is 0 Å². The number of carbonyl (C=O) groups is 1. The summed E-state index contributed by atoms with van der Waals surface area (Å²) in [5.41, 5.74) is -0.103. The molecule has 1 aliphatic carbocycles. The second-order valence-electron chi connectivity index (χ2n) is 6.45. The average molecular weight is 280 g/mol. The number of amides is 1. The summed E-state index contributed by atoms with van der Waals surface area (Å²) < 4.78 is 4.38. The Hall–Kier alpha value is -1.17. The number of nitrogens with one attached hydrogen (secondary N) is 1. The lowest BCUT2D eigenvalue weighted by Gasteiger charge is -2.32. The average Bonchev–Trinajstić information content (AvgIpc) is 2.94. The van der Waals surface area contributed by atoms with Crippen LogP contribution in [-0.4, -0.2) is 38.3 Å². The molecule has 1 aliphatic heterocycles. The van der Waals surface area contributed by atoms with E-state index in [9.17, 15) is 4.79 Å². The van der Waals surface area contributed by atoms with Gasteiger partial charge in [-0.25, -0.2) is 4.98 Å². The lowest BCUT2D eigenvalue weighted by molar-refractivity contribution is -0.131. The van der Waals surface area contributed by atoms with E-state index in [1.165, 1.54) is 24.4 Å². The fourth-order valence-electron chi connectivity index (χ4n) is 2.43. The molecule has 1 saturated heterocycles. The summed E-state index contributed by atoms with van der Waals surface area (Å²) in [6.45, 7) is 6.97. The summed E-state index contributed by atoms with van der Waals surface area (Å²) in [6.07, 6.45) is 2.99. The van der Waals surface area contributed by atoms with E-state index in [0.29, 0.717) is 12.3 Å². The Morgan fingerprint density at radius 3 is 2.68 bits per heavy atom. The molecular weight excluding hydrogens is 260 g/mol. The van der Waals surface area contributed by atoms with Gasteiger partial charge in [-0.15, -0.1) is 0 Å². The molecule has 1 N–H and O–H groups in total. The summed E-state index contributed by atoms with van der Waals surface area (Å²) >= 11 is 1.41. The van der Waals surface area contributed by atoms with Gasteiger partial charge in [-0.1, -0.05) is 0 Å². The Morgan fingerprint density at radius 2 is 2.11 bits per heavy atom. The number of nitrogens with zero attached hydrogens (tertiary/aromatic N) is 3. The van der Waals surface area contributed by atoms with Gasteiger partial charge in [0.15, 0.2) is 0 Å². The standard InChI is InChI=1S/C13H20N4OS/c1-13(2,3)17-7-9(6-10(17)18)14-12-15-11(16-19-12)8-4-5-8/h8-9H,4-7H2,1-3H3,(H,14,15,16)/t9-/m1/s1. The normalized spacial score (nSPS) is 24.1. The van der Waals surface area contributed by atoms with Crippen LogP contribution in [0.3, 0.4) is 0 Å². The fourth-order valence-corrected chi connectivity index (χ4v) is 3.15. The molecule has 0 bridgehead atoms. The Labute approximate surface area is 117 Å². The molecule has 0 unspecified atom stereocenters. The van der Waals surface area contributed by atoms with E-state index in [1.807, 2.05) is 4.90 Å². The molecule has 5 nitrogen and oxygen atoms in total. The molecule has 1 atom stereocenters. The van der Waals surface area contributed by atoms with Crippen molar-refractivity contribution in [2.75, 3.05) is 11.9 Å². The van der Waals surface area contributed by atoms with E-state index in [4.69, 9.17) is 0 Å². The third kappa shape index (κ3) is 2.73. The maximum absolute atomic E-state index is 12.0. The lowest BCUT2D eigenvalue weighted by atomic mass is 10.1. The van der Waals surface area contributed by atoms with E-state index in [2.05, 4.69) is 35.4 Å². The molecule has 1 saturated carbocycles. The second-order valence-corrected chi connectivity index (χ2v) is 7.20. The minimum Gasteiger partial charge on any atom is -0.355 e. The van der Waals surface area contributed by atoms with Gasteiger partial charge in [-0.05, 0) is 33.6 Å². The number of hydrogen-bond acceptors (Lipinski definition) is 5. The smallest absolute Gasteiger partial charge is 0.225 e. The maximum atomic E-state index is 12.0. The van der Waals surface area contributed by atoms with Crippen molar-refractivity contribution in [1.82, 2.24) is 14.3 Å². The van der Waals surface area contributed by atoms with E-state index >= 15 is 0 Å². The van der Waals surface area contributed by atoms with Gasteiger partial charge in [0, 0.05) is 36.0 Å². The first-order chi connectivity index (χ1) is 8.93. The lowest BCUT2D eigenvalue weighted by Crippen LogP contribution is -2.43. The summed E-state index contributed by atoms with van der Waals surface area (Å²) in [6, 6.07) is 0.159. The van der Waals surface area contributed by atoms with Crippen LogP contribution in [0.5, 0.6) is 0 Å². The Balaban J connectivity index is 1.62. The van der Waals surface area contributed by atoms with Gasteiger partial charge in [0.2, 0.25) is 11.0 Å². The van der Waals surface area contributed by atoms with Gasteiger partial charge in [-0.2, -0.15) is 4.37 Å². The zero-order chi connectivity index (χ0) is 13.6. The number of hydrogen-bond donors (Lipinski definition) is 1.